The first-order chi connectivity index (χ1) is 11.3. The average Bonchev–Trinajstić information content (AvgIpc) is 2.51. The van der Waals surface area contributed by atoms with Crippen LogP contribution in [0.1, 0.15) is 44.0 Å². The van der Waals surface area contributed by atoms with Crippen molar-refractivity contribution in [3.8, 4) is 0 Å². The quantitative estimate of drug-likeness (QED) is 0.880. The molecule has 2 heterocycles. The molecule has 0 aliphatic carbocycles. The molecule has 2 rings (SSSR count). The Morgan fingerprint density at radius 3 is 2.83 bits per heavy atom. The molecule has 1 fully saturated rings. The van der Waals surface area contributed by atoms with E-state index in [4.69, 9.17) is 4.74 Å². The molecule has 0 aromatic carbocycles. The number of hydrogen-bond acceptors (Lipinski definition) is 4. The number of rotatable bonds is 3. The van der Waals surface area contributed by atoms with Gasteiger partial charge >= 0.3 is 6.09 Å². The predicted molar refractivity (Wildman–Crippen MR) is 89.9 cm³/mol. The number of nitrogens with one attached hydrogen (secondary N) is 2. The van der Waals surface area contributed by atoms with Gasteiger partial charge in [-0.1, -0.05) is 0 Å². The van der Waals surface area contributed by atoms with Crippen LogP contribution in [-0.2, 0) is 4.74 Å². The molecule has 2 amide bonds. The monoisotopic (exact) mass is 335 g/mol. The summed E-state index contributed by atoms with van der Waals surface area (Å²) in [5.74, 6) is -0.114. The number of ether oxygens (including phenoxy) is 1. The Morgan fingerprint density at radius 2 is 2.17 bits per heavy atom. The zero-order valence-electron chi connectivity index (χ0n) is 14.4. The van der Waals surface area contributed by atoms with Crippen LogP contribution in [0.2, 0.25) is 0 Å². The Bertz CT molecular complexity index is 648. The van der Waals surface area contributed by atoms with Crippen LogP contribution in [0, 0.1) is 5.92 Å². The van der Waals surface area contributed by atoms with Gasteiger partial charge in [0.25, 0.3) is 11.5 Å². The summed E-state index contributed by atoms with van der Waals surface area (Å²) < 4.78 is 5.21. The van der Waals surface area contributed by atoms with Crippen LogP contribution in [0.3, 0.4) is 0 Å². The minimum atomic E-state index is -0.535. The molecule has 132 valence electrons. The zero-order chi connectivity index (χ0) is 17.7. The lowest BCUT2D eigenvalue weighted by atomic mass is 9.97. The number of pyridine rings is 1. The number of likely N-dealkylation sites (tertiary alicyclic amines) is 1. The first-order valence-corrected chi connectivity index (χ1v) is 8.20. The highest BCUT2D eigenvalue weighted by atomic mass is 16.6. The van der Waals surface area contributed by atoms with Gasteiger partial charge in [0, 0.05) is 25.8 Å². The number of nitrogens with zero attached hydrogens (tertiary/aromatic N) is 1. The van der Waals surface area contributed by atoms with E-state index in [0.29, 0.717) is 19.6 Å². The van der Waals surface area contributed by atoms with E-state index >= 15 is 0 Å². The van der Waals surface area contributed by atoms with Gasteiger partial charge in [0.2, 0.25) is 0 Å². The molecule has 0 radical (unpaired) electrons. The van der Waals surface area contributed by atoms with Crippen molar-refractivity contribution in [3.05, 3.63) is 34.2 Å². The second-order valence-electron chi connectivity index (χ2n) is 7.06. The number of carbonyl (C=O) groups excluding carboxylic acids is 2. The number of amides is 2. The smallest absolute Gasteiger partial charge is 0.407 e. The minimum absolute atomic E-state index is 0.151. The van der Waals surface area contributed by atoms with Gasteiger partial charge in [0.1, 0.15) is 11.2 Å². The van der Waals surface area contributed by atoms with E-state index < -0.39 is 11.7 Å². The number of carbonyl (C=O) groups is 2. The van der Waals surface area contributed by atoms with Crippen molar-refractivity contribution in [2.45, 2.75) is 39.2 Å². The van der Waals surface area contributed by atoms with Crippen LogP contribution >= 0.6 is 0 Å². The molecular formula is C17H25N3O4. The molecule has 0 unspecified atom stereocenters. The van der Waals surface area contributed by atoms with Crippen molar-refractivity contribution in [3.63, 3.8) is 0 Å². The summed E-state index contributed by atoms with van der Waals surface area (Å²) in [5.41, 5.74) is -0.762. The van der Waals surface area contributed by atoms with Gasteiger partial charge in [0.05, 0.1) is 0 Å². The average molecular weight is 335 g/mol. The van der Waals surface area contributed by atoms with Crippen molar-refractivity contribution in [1.82, 2.24) is 15.2 Å². The summed E-state index contributed by atoms with van der Waals surface area (Å²) in [6.45, 7) is 7.02. The molecule has 0 bridgehead atoms. The summed E-state index contributed by atoms with van der Waals surface area (Å²) in [6, 6.07) is 3.17. The standard InChI is InChI=1S/C17H25N3O4/c1-17(2,3)24-16(23)19-10-12-6-5-9-20(11-12)15(22)13-7-4-8-18-14(13)21/h4,7-8,12H,5-6,9-11H2,1-3H3,(H,18,21)(H,19,23)/t12-/m0/s1. The van der Waals surface area contributed by atoms with E-state index in [1.807, 2.05) is 20.8 Å². The van der Waals surface area contributed by atoms with Gasteiger partial charge in [-0.25, -0.2) is 4.79 Å². The van der Waals surface area contributed by atoms with Crippen LogP contribution in [0.15, 0.2) is 23.1 Å². The number of alkyl carbamates (subject to hydrolysis) is 1. The molecule has 7 nitrogen and oxygen atoms in total. The topological polar surface area (TPSA) is 91.5 Å². The Labute approximate surface area is 141 Å². The van der Waals surface area contributed by atoms with E-state index in [0.717, 1.165) is 12.8 Å². The van der Waals surface area contributed by atoms with Crippen molar-refractivity contribution >= 4 is 12.0 Å². The number of aromatic amines is 1. The first-order valence-electron chi connectivity index (χ1n) is 8.20. The highest BCUT2D eigenvalue weighted by molar-refractivity contribution is 5.93. The third kappa shape index (κ3) is 5.11. The Morgan fingerprint density at radius 1 is 1.42 bits per heavy atom. The van der Waals surface area contributed by atoms with E-state index in [1.54, 1.807) is 11.0 Å². The molecule has 1 saturated heterocycles. The molecule has 1 aliphatic rings. The molecule has 2 N–H and O–H groups in total. The highest BCUT2D eigenvalue weighted by Gasteiger charge is 2.26. The fraction of sp³-hybridized carbons (Fsp3) is 0.588. The van der Waals surface area contributed by atoms with Crippen LogP contribution in [0.5, 0.6) is 0 Å². The fourth-order valence-electron chi connectivity index (χ4n) is 2.72. The summed E-state index contributed by atoms with van der Waals surface area (Å²) in [7, 11) is 0. The normalized spacial score (nSPS) is 18.1. The SMILES string of the molecule is CC(C)(C)OC(=O)NC[C@@H]1CCCN(C(=O)c2ccc[nH]c2=O)C1. The summed E-state index contributed by atoms with van der Waals surface area (Å²) >= 11 is 0. The van der Waals surface area contributed by atoms with Crippen LogP contribution in [0.25, 0.3) is 0 Å². The first kappa shape index (κ1) is 18.0. The fourth-order valence-corrected chi connectivity index (χ4v) is 2.72. The lowest BCUT2D eigenvalue weighted by Gasteiger charge is -2.33. The van der Waals surface area contributed by atoms with E-state index in [-0.39, 0.29) is 22.9 Å². The van der Waals surface area contributed by atoms with Crippen LogP contribution < -0.4 is 10.9 Å². The molecule has 1 atom stereocenters. The van der Waals surface area contributed by atoms with Crippen LogP contribution in [-0.4, -0.2) is 47.1 Å². The van der Waals surface area contributed by atoms with Crippen molar-refractivity contribution < 1.29 is 14.3 Å². The lowest BCUT2D eigenvalue weighted by Crippen LogP contribution is -2.45. The van der Waals surface area contributed by atoms with Crippen LogP contribution in [0.4, 0.5) is 4.79 Å². The lowest BCUT2D eigenvalue weighted by molar-refractivity contribution is 0.0502. The third-order valence-electron chi connectivity index (χ3n) is 3.79. The molecule has 1 aliphatic heterocycles. The van der Waals surface area contributed by atoms with Gasteiger partial charge < -0.3 is 19.9 Å². The highest BCUT2D eigenvalue weighted by Crippen LogP contribution is 2.17. The minimum Gasteiger partial charge on any atom is -0.444 e. The zero-order valence-corrected chi connectivity index (χ0v) is 14.4. The molecule has 24 heavy (non-hydrogen) atoms. The maximum absolute atomic E-state index is 12.5. The maximum atomic E-state index is 12.5. The van der Waals surface area contributed by atoms with Gasteiger partial charge in [-0.2, -0.15) is 0 Å². The molecule has 1 aromatic heterocycles. The van der Waals surface area contributed by atoms with E-state index in [1.165, 1.54) is 12.3 Å². The molecule has 1 aromatic rings. The molecule has 0 saturated carbocycles. The maximum Gasteiger partial charge on any atom is 0.407 e. The number of hydrogen-bond donors (Lipinski definition) is 2. The number of H-pyrrole nitrogens is 1. The number of piperidine rings is 1. The molecule has 0 spiro atoms. The largest absolute Gasteiger partial charge is 0.444 e. The molecular weight excluding hydrogens is 310 g/mol. The van der Waals surface area contributed by atoms with E-state index in [9.17, 15) is 14.4 Å². The van der Waals surface area contributed by atoms with Crippen molar-refractivity contribution in [2.24, 2.45) is 5.92 Å². The van der Waals surface area contributed by atoms with E-state index in [2.05, 4.69) is 10.3 Å². The van der Waals surface area contributed by atoms with Crippen molar-refractivity contribution in [2.75, 3.05) is 19.6 Å². The summed E-state index contributed by atoms with van der Waals surface area (Å²) in [6.07, 6.45) is 2.82. The Balaban J connectivity index is 1.90. The second-order valence-corrected chi connectivity index (χ2v) is 7.06. The summed E-state index contributed by atoms with van der Waals surface area (Å²) in [4.78, 5) is 40.2. The van der Waals surface area contributed by atoms with Crippen molar-refractivity contribution in [1.29, 1.82) is 0 Å². The summed E-state index contributed by atoms with van der Waals surface area (Å²) in [5, 5.41) is 2.75. The van der Waals surface area contributed by atoms with Gasteiger partial charge in [-0.05, 0) is 51.7 Å². The number of aromatic nitrogens is 1. The van der Waals surface area contributed by atoms with Gasteiger partial charge in [0.15, 0.2) is 0 Å². The Hall–Kier alpha value is -2.31. The third-order valence-corrected chi connectivity index (χ3v) is 3.79. The Kier molecular flexibility index (Phi) is 5.64. The predicted octanol–water partition coefficient (Wildman–Crippen LogP) is 1.75. The molecule has 7 heteroatoms. The van der Waals surface area contributed by atoms with Gasteiger partial charge in [-0.15, -0.1) is 0 Å². The van der Waals surface area contributed by atoms with Gasteiger partial charge in [-0.3, -0.25) is 9.59 Å². The second kappa shape index (κ2) is 7.51.